The monoisotopic (exact) mass is 450 g/mol. The van der Waals surface area contributed by atoms with E-state index in [2.05, 4.69) is 13.8 Å². The predicted molar refractivity (Wildman–Crippen MR) is 126 cm³/mol. The van der Waals surface area contributed by atoms with Crippen molar-refractivity contribution in [3.05, 3.63) is 70.2 Å². The lowest BCUT2D eigenvalue weighted by Gasteiger charge is -2.20. The summed E-state index contributed by atoms with van der Waals surface area (Å²) in [5.74, 6) is -1.52. The van der Waals surface area contributed by atoms with Crippen LogP contribution in [0.2, 0.25) is 5.02 Å². The molecule has 2 aromatic rings. The number of carbonyl (C=O) groups excluding carboxylic acids is 2. The largest absolute Gasteiger partial charge is 0.465 e. The number of aryl methyl sites for hydroxylation is 1. The van der Waals surface area contributed by atoms with Crippen molar-refractivity contribution in [2.45, 2.75) is 52.4 Å². The van der Waals surface area contributed by atoms with Crippen LogP contribution >= 0.6 is 20.7 Å². The van der Waals surface area contributed by atoms with E-state index >= 15 is 0 Å². The minimum absolute atomic E-state index is 0.317. The van der Waals surface area contributed by atoms with Gasteiger partial charge in [-0.1, -0.05) is 87.2 Å². The lowest BCUT2D eigenvalue weighted by atomic mass is 9.88. The van der Waals surface area contributed by atoms with Crippen LogP contribution in [0.5, 0.6) is 0 Å². The van der Waals surface area contributed by atoms with Crippen molar-refractivity contribution in [1.29, 1.82) is 0 Å². The number of hydrogen-bond donors (Lipinski definition) is 0. The van der Waals surface area contributed by atoms with Crippen LogP contribution in [0, 0.1) is 12.8 Å². The molecule has 0 amide bonds. The molecule has 0 N–H and O–H groups in total. The Labute approximate surface area is 186 Å². The highest BCUT2D eigenvalue weighted by molar-refractivity contribution is 7.00. The van der Waals surface area contributed by atoms with Crippen molar-refractivity contribution < 1.29 is 18.9 Å². The van der Waals surface area contributed by atoms with Gasteiger partial charge in [0.25, 0.3) is 0 Å². The number of carbonyl (C=O) groups is 2. The minimum Gasteiger partial charge on any atom is -0.465 e. The van der Waals surface area contributed by atoms with Crippen LogP contribution < -0.4 is 0 Å². The van der Waals surface area contributed by atoms with Gasteiger partial charge < -0.3 is 9.30 Å². The lowest BCUT2D eigenvalue weighted by molar-refractivity contribution is -0.145. The quantitative estimate of drug-likeness (QED) is 0.184. The molecule has 0 saturated carbocycles. The van der Waals surface area contributed by atoms with Crippen molar-refractivity contribution in [3.8, 4) is 0 Å². The van der Waals surface area contributed by atoms with Gasteiger partial charge >= 0.3 is 5.97 Å². The molecule has 0 radical (unpaired) electrons. The highest BCUT2D eigenvalue weighted by Gasteiger charge is 2.33. The molecule has 30 heavy (non-hydrogen) atoms. The molecule has 0 aliphatic rings. The summed E-state index contributed by atoms with van der Waals surface area (Å²) in [7, 11) is 0.611. The molecule has 0 bridgehead atoms. The first-order valence-corrected chi connectivity index (χ1v) is 11.2. The average Bonchev–Trinajstić information content (AvgIpc) is 2.76. The van der Waals surface area contributed by atoms with Crippen molar-refractivity contribution in [2.75, 3.05) is 6.61 Å². The second kappa shape index (κ2) is 14.2. The Kier molecular flexibility index (Phi) is 12.3. The zero-order valence-corrected chi connectivity index (χ0v) is 20.2. The van der Waals surface area contributed by atoms with E-state index < -0.39 is 11.9 Å². The van der Waals surface area contributed by atoms with E-state index in [-0.39, 0.29) is 5.78 Å². The fourth-order valence-corrected chi connectivity index (χ4v) is 3.62. The fourth-order valence-electron chi connectivity index (χ4n) is 3.31. The predicted octanol–water partition coefficient (Wildman–Crippen LogP) is 6.31. The van der Waals surface area contributed by atoms with E-state index in [0.29, 0.717) is 37.8 Å². The molecule has 2 aromatic carbocycles. The van der Waals surface area contributed by atoms with E-state index in [9.17, 15) is 9.59 Å². The maximum absolute atomic E-state index is 13.3. The summed E-state index contributed by atoms with van der Waals surface area (Å²) in [6.45, 7) is 6.41. The number of halogens is 1. The summed E-state index contributed by atoms with van der Waals surface area (Å²) in [5, 5.41) is 0.355. The fraction of sp³-hybridized carbons (Fsp3) is 0.417. The number of hydrogen-bond acceptors (Lipinski definition) is 4. The molecule has 0 spiro atoms. The third-order valence-corrected chi connectivity index (χ3v) is 5.42. The highest BCUT2D eigenvalue weighted by Crippen LogP contribution is 2.29. The number of rotatable bonds is 10. The van der Waals surface area contributed by atoms with Crippen LogP contribution in [0.25, 0.3) is 0 Å². The molecule has 4 nitrogen and oxygen atoms in total. The zero-order valence-electron chi connectivity index (χ0n) is 18.0. The van der Waals surface area contributed by atoms with E-state index in [1.54, 1.807) is 24.3 Å². The molecule has 0 aliphatic heterocycles. The molecular formula is C24H32ClO4P. The van der Waals surface area contributed by atoms with Crippen LogP contribution in [0.3, 0.4) is 0 Å². The SMILES string of the molecule is CCCCC(CC)COC(=O)C(C(=O)c1c(C)cccc1Cl)c1ccccc1.O=[PH3]. The van der Waals surface area contributed by atoms with Crippen LogP contribution in [0.1, 0.15) is 66.9 Å². The number of Topliss-reactive ketones (excluding diaryl/α,β-unsaturated/α-hetero) is 1. The van der Waals surface area contributed by atoms with Crippen LogP contribution in [0.4, 0.5) is 0 Å². The number of benzene rings is 2. The smallest absolute Gasteiger partial charge is 0.321 e. The second-order valence-electron chi connectivity index (χ2n) is 7.19. The topological polar surface area (TPSA) is 60.4 Å². The average molecular weight is 451 g/mol. The molecule has 164 valence electrons. The van der Waals surface area contributed by atoms with Crippen LogP contribution in [-0.4, -0.2) is 18.4 Å². The Morgan fingerprint density at radius 1 is 1.03 bits per heavy atom. The standard InChI is InChI=1S/C24H29ClO3.H3OP/c1-4-6-12-18(5-2)16-28-24(27)22(19-13-8-7-9-14-19)23(26)21-17(3)11-10-15-20(21)25;1-2/h7-11,13-15,18,22H,4-6,12,16H2,1-3H3;2H3. The summed E-state index contributed by atoms with van der Waals surface area (Å²) in [5.41, 5.74) is 1.76. The summed E-state index contributed by atoms with van der Waals surface area (Å²) in [4.78, 5) is 26.3. The molecule has 0 aliphatic carbocycles. The normalized spacial score (nSPS) is 12.4. The molecule has 0 aromatic heterocycles. The molecule has 3 unspecified atom stereocenters. The summed E-state index contributed by atoms with van der Waals surface area (Å²) < 4.78 is 13.9. The first-order chi connectivity index (χ1) is 14.5. The Morgan fingerprint density at radius 2 is 1.70 bits per heavy atom. The Hall–Kier alpha value is -1.90. The zero-order chi connectivity index (χ0) is 22.5. The lowest BCUT2D eigenvalue weighted by Crippen LogP contribution is -2.27. The Bertz CT molecular complexity index is 790. The molecule has 0 heterocycles. The van der Waals surface area contributed by atoms with E-state index in [1.807, 2.05) is 31.2 Å². The van der Waals surface area contributed by atoms with Crippen molar-refractivity contribution in [3.63, 3.8) is 0 Å². The first kappa shape index (κ1) is 26.1. The third kappa shape index (κ3) is 7.41. The second-order valence-corrected chi connectivity index (χ2v) is 7.59. The van der Waals surface area contributed by atoms with Gasteiger partial charge in [-0.2, -0.15) is 0 Å². The Morgan fingerprint density at radius 3 is 2.27 bits per heavy atom. The summed E-state index contributed by atoms with van der Waals surface area (Å²) in [6.07, 6.45) is 4.19. The number of unbranched alkanes of at least 4 members (excludes halogenated alkanes) is 1. The number of esters is 1. The van der Waals surface area contributed by atoms with Gasteiger partial charge in [0.1, 0.15) is 5.92 Å². The minimum atomic E-state index is -1.01. The van der Waals surface area contributed by atoms with Crippen LogP contribution in [-0.2, 0) is 14.1 Å². The Balaban J connectivity index is 0.00000218. The summed E-state index contributed by atoms with van der Waals surface area (Å²) >= 11 is 6.29. The summed E-state index contributed by atoms with van der Waals surface area (Å²) in [6, 6.07) is 14.3. The van der Waals surface area contributed by atoms with E-state index in [4.69, 9.17) is 20.9 Å². The maximum atomic E-state index is 13.3. The van der Waals surface area contributed by atoms with Gasteiger partial charge in [0, 0.05) is 5.56 Å². The first-order valence-electron chi connectivity index (χ1n) is 10.3. The van der Waals surface area contributed by atoms with Gasteiger partial charge in [0.2, 0.25) is 0 Å². The van der Waals surface area contributed by atoms with Crippen molar-refractivity contribution >= 4 is 32.5 Å². The van der Waals surface area contributed by atoms with Crippen LogP contribution in [0.15, 0.2) is 48.5 Å². The molecular weight excluding hydrogens is 419 g/mol. The molecule has 0 saturated heterocycles. The van der Waals surface area contributed by atoms with E-state index in [0.717, 1.165) is 31.2 Å². The van der Waals surface area contributed by atoms with Gasteiger partial charge in [0.05, 0.1) is 20.7 Å². The molecule has 3 atom stereocenters. The van der Waals surface area contributed by atoms with Gasteiger partial charge in [-0.15, -0.1) is 0 Å². The number of ketones is 1. The van der Waals surface area contributed by atoms with E-state index in [1.165, 1.54) is 0 Å². The van der Waals surface area contributed by atoms with Gasteiger partial charge in [-0.25, -0.2) is 0 Å². The van der Waals surface area contributed by atoms with Crippen molar-refractivity contribution in [2.24, 2.45) is 5.92 Å². The van der Waals surface area contributed by atoms with Gasteiger partial charge in [-0.3, -0.25) is 9.59 Å². The molecule has 2 rings (SSSR count). The molecule has 0 fully saturated rings. The van der Waals surface area contributed by atoms with Crippen molar-refractivity contribution in [1.82, 2.24) is 0 Å². The third-order valence-electron chi connectivity index (χ3n) is 5.10. The van der Waals surface area contributed by atoms with Gasteiger partial charge in [0.15, 0.2) is 5.78 Å². The molecule has 6 heteroatoms. The number of ether oxygens (including phenoxy) is 1. The van der Waals surface area contributed by atoms with Gasteiger partial charge in [-0.05, 0) is 36.5 Å². The maximum Gasteiger partial charge on any atom is 0.321 e. The highest BCUT2D eigenvalue weighted by atomic mass is 35.5.